The molecule has 0 aliphatic rings. The monoisotopic (exact) mass is 208 g/mol. The van der Waals surface area contributed by atoms with Crippen molar-refractivity contribution in [3.8, 4) is 0 Å². The Bertz CT molecular complexity index is 330. The van der Waals surface area contributed by atoms with Gasteiger partial charge in [-0.05, 0) is 19.1 Å². The van der Waals surface area contributed by atoms with Crippen LogP contribution in [0.25, 0.3) is 5.76 Å². The molecular weight excluding hydrogens is 196 g/mol. The maximum absolute atomic E-state index is 9.61. The average molecular weight is 208 g/mol. The predicted octanol–water partition coefficient (Wildman–Crippen LogP) is 2.95. The van der Waals surface area contributed by atoms with E-state index in [9.17, 15) is 5.11 Å². The highest BCUT2D eigenvalue weighted by molar-refractivity contribution is 7.80. The molecule has 0 unspecified atom stereocenters. The summed E-state index contributed by atoms with van der Waals surface area (Å²) >= 11 is 4.87. The first-order chi connectivity index (χ1) is 6.74. The zero-order valence-electron chi connectivity index (χ0n) is 7.93. The molecule has 0 saturated heterocycles. The Labute approximate surface area is 88.8 Å². The van der Waals surface area contributed by atoms with E-state index >= 15 is 0 Å². The Morgan fingerprint density at radius 1 is 1.43 bits per heavy atom. The highest BCUT2D eigenvalue weighted by Crippen LogP contribution is 2.10. The van der Waals surface area contributed by atoms with Crippen LogP contribution in [0.1, 0.15) is 12.5 Å². The topological polar surface area (TPSA) is 29.5 Å². The van der Waals surface area contributed by atoms with Crippen LogP contribution < -0.4 is 0 Å². The zero-order chi connectivity index (χ0) is 10.4. The van der Waals surface area contributed by atoms with Crippen molar-refractivity contribution in [2.75, 3.05) is 6.61 Å². The summed E-state index contributed by atoms with van der Waals surface area (Å²) in [7, 11) is 0. The molecule has 1 N–H and O–H groups in total. The summed E-state index contributed by atoms with van der Waals surface area (Å²) in [5.41, 5.74) is 0.731. The standard InChI is InChI=1S/C11H12O2S/c1-2-13-11(14)8-10(12)9-6-4-3-5-7-9/h3-8,12H,2H2,1H3. The van der Waals surface area contributed by atoms with Crippen LogP contribution in [0.3, 0.4) is 0 Å². The molecule has 0 saturated carbocycles. The maximum Gasteiger partial charge on any atom is 0.187 e. The number of rotatable bonds is 3. The summed E-state index contributed by atoms with van der Waals surface area (Å²) in [6.45, 7) is 2.36. The number of aliphatic hydroxyl groups is 1. The van der Waals surface area contributed by atoms with Crippen molar-refractivity contribution in [2.45, 2.75) is 6.92 Å². The Hall–Kier alpha value is -1.35. The molecule has 1 aromatic carbocycles. The molecule has 0 spiro atoms. The lowest BCUT2D eigenvalue weighted by atomic mass is 10.2. The molecule has 14 heavy (non-hydrogen) atoms. The number of ether oxygens (including phenoxy) is 1. The highest BCUT2D eigenvalue weighted by atomic mass is 32.1. The van der Waals surface area contributed by atoms with Crippen molar-refractivity contribution in [1.29, 1.82) is 0 Å². The van der Waals surface area contributed by atoms with Crippen molar-refractivity contribution in [3.63, 3.8) is 0 Å². The van der Waals surface area contributed by atoms with Gasteiger partial charge in [0.1, 0.15) is 5.76 Å². The van der Waals surface area contributed by atoms with Gasteiger partial charge in [0.25, 0.3) is 0 Å². The molecular formula is C11H12O2S. The lowest BCUT2D eigenvalue weighted by molar-refractivity contribution is 0.338. The van der Waals surface area contributed by atoms with Gasteiger partial charge in [-0.15, -0.1) is 0 Å². The number of hydrogen-bond acceptors (Lipinski definition) is 3. The number of aliphatic hydroxyl groups excluding tert-OH is 1. The van der Waals surface area contributed by atoms with Gasteiger partial charge in [-0.3, -0.25) is 0 Å². The summed E-state index contributed by atoms with van der Waals surface area (Å²) < 4.78 is 5.03. The minimum absolute atomic E-state index is 0.129. The average Bonchev–Trinajstić information content (AvgIpc) is 2.19. The summed E-state index contributed by atoms with van der Waals surface area (Å²) in [4.78, 5) is 0. The van der Waals surface area contributed by atoms with Gasteiger partial charge in [0.05, 0.1) is 6.61 Å². The summed E-state index contributed by atoms with van der Waals surface area (Å²) in [6.07, 6.45) is 1.44. The fourth-order valence-electron chi connectivity index (χ4n) is 0.988. The van der Waals surface area contributed by atoms with Crippen molar-refractivity contribution < 1.29 is 9.84 Å². The van der Waals surface area contributed by atoms with Gasteiger partial charge < -0.3 is 9.84 Å². The van der Waals surface area contributed by atoms with E-state index in [0.717, 1.165) is 5.56 Å². The quantitative estimate of drug-likeness (QED) is 0.470. The second-order valence-electron chi connectivity index (χ2n) is 2.65. The molecule has 1 rings (SSSR count). The van der Waals surface area contributed by atoms with Crippen LogP contribution in [-0.2, 0) is 4.74 Å². The molecule has 0 fully saturated rings. The van der Waals surface area contributed by atoms with Crippen LogP contribution >= 0.6 is 12.2 Å². The second-order valence-corrected chi connectivity index (χ2v) is 3.05. The van der Waals surface area contributed by atoms with Crippen molar-refractivity contribution >= 4 is 23.0 Å². The zero-order valence-corrected chi connectivity index (χ0v) is 8.75. The molecule has 0 heterocycles. The first-order valence-corrected chi connectivity index (χ1v) is 4.77. The van der Waals surface area contributed by atoms with E-state index in [1.807, 2.05) is 25.1 Å². The molecule has 0 aliphatic heterocycles. The van der Waals surface area contributed by atoms with E-state index in [1.54, 1.807) is 12.1 Å². The Kier molecular flexibility index (Phi) is 4.13. The van der Waals surface area contributed by atoms with E-state index in [1.165, 1.54) is 6.08 Å². The van der Waals surface area contributed by atoms with E-state index in [0.29, 0.717) is 11.7 Å². The van der Waals surface area contributed by atoms with Crippen LogP contribution in [0.2, 0.25) is 0 Å². The Balaban J connectivity index is 2.75. The number of benzene rings is 1. The van der Waals surface area contributed by atoms with Crippen LogP contribution in [0.4, 0.5) is 0 Å². The van der Waals surface area contributed by atoms with Crippen molar-refractivity contribution in [3.05, 3.63) is 42.0 Å². The van der Waals surface area contributed by atoms with E-state index in [2.05, 4.69) is 0 Å². The molecule has 0 bridgehead atoms. The molecule has 0 amide bonds. The lowest BCUT2D eigenvalue weighted by Crippen LogP contribution is -1.98. The fourth-order valence-corrected chi connectivity index (χ4v) is 1.22. The largest absolute Gasteiger partial charge is 0.507 e. The minimum atomic E-state index is 0.129. The van der Waals surface area contributed by atoms with E-state index in [4.69, 9.17) is 17.0 Å². The van der Waals surface area contributed by atoms with Crippen molar-refractivity contribution in [1.82, 2.24) is 0 Å². The van der Waals surface area contributed by atoms with Gasteiger partial charge in [0.2, 0.25) is 0 Å². The molecule has 1 aromatic rings. The van der Waals surface area contributed by atoms with Gasteiger partial charge >= 0.3 is 0 Å². The first kappa shape index (κ1) is 10.7. The van der Waals surface area contributed by atoms with Crippen LogP contribution in [0, 0.1) is 0 Å². The molecule has 3 heteroatoms. The normalized spacial score (nSPS) is 11.1. The summed E-state index contributed by atoms with van der Waals surface area (Å²) in [6, 6.07) is 9.20. The van der Waals surface area contributed by atoms with Crippen LogP contribution in [0.15, 0.2) is 36.4 Å². The number of thiocarbonyl (C=S) groups is 1. The van der Waals surface area contributed by atoms with Crippen LogP contribution in [0.5, 0.6) is 0 Å². The third-order valence-electron chi connectivity index (χ3n) is 1.61. The Morgan fingerprint density at radius 2 is 2.07 bits per heavy atom. The SMILES string of the molecule is CCOC(=S)C=C(O)c1ccccc1. The first-order valence-electron chi connectivity index (χ1n) is 4.37. The van der Waals surface area contributed by atoms with E-state index < -0.39 is 0 Å². The second kappa shape index (κ2) is 5.40. The van der Waals surface area contributed by atoms with E-state index in [-0.39, 0.29) is 5.76 Å². The maximum atomic E-state index is 9.61. The van der Waals surface area contributed by atoms with Crippen LogP contribution in [-0.4, -0.2) is 16.8 Å². The Morgan fingerprint density at radius 3 is 2.64 bits per heavy atom. The molecule has 74 valence electrons. The number of hydrogen-bond donors (Lipinski definition) is 1. The minimum Gasteiger partial charge on any atom is -0.507 e. The highest BCUT2D eigenvalue weighted by Gasteiger charge is 1.99. The molecule has 2 nitrogen and oxygen atoms in total. The molecule has 0 aromatic heterocycles. The molecule has 0 radical (unpaired) electrons. The smallest absolute Gasteiger partial charge is 0.187 e. The summed E-state index contributed by atoms with van der Waals surface area (Å²) in [5.74, 6) is 0.129. The van der Waals surface area contributed by atoms with Gasteiger partial charge in [-0.1, -0.05) is 30.3 Å². The molecule has 0 aliphatic carbocycles. The lowest BCUT2D eigenvalue weighted by Gasteiger charge is -2.01. The van der Waals surface area contributed by atoms with Gasteiger partial charge in [0, 0.05) is 11.6 Å². The third kappa shape index (κ3) is 3.18. The van der Waals surface area contributed by atoms with Gasteiger partial charge in [-0.25, -0.2) is 0 Å². The summed E-state index contributed by atoms with van der Waals surface area (Å²) in [5, 5.41) is 9.91. The van der Waals surface area contributed by atoms with Gasteiger partial charge in [-0.2, -0.15) is 0 Å². The fraction of sp³-hybridized carbons (Fsp3) is 0.182. The van der Waals surface area contributed by atoms with Crippen molar-refractivity contribution in [2.24, 2.45) is 0 Å². The van der Waals surface area contributed by atoms with Gasteiger partial charge in [0.15, 0.2) is 5.05 Å². The predicted molar refractivity (Wildman–Crippen MR) is 61.3 cm³/mol. The molecule has 0 atom stereocenters. The third-order valence-corrected chi connectivity index (χ3v) is 1.85.